The molecule has 1 aliphatic heterocycles. The number of likely N-dealkylation sites (tertiary alicyclic amines) is 1. The molecular formula is C26H44N2O3. The number of nitrogens with one attached hydrogen (secondary N) is 1. The molecule has 5 nitrogen and oxygen atoms in total. The van der Waals surface area contributed by atoms with Gasteiger partial charge in [-0.2, -0.15) is 0 Å². The van der Waals surface area contributed by atoms with Crippen molar-refractivity contribution >= 4 is 11.6 Å². The summed E-state index contributed by atoms with van der Waals surface area (Å²) in [6.45, 7) is 15.4. The minimum absolute atomic E-state index is 0.0703. The highest BCUT2D eigenvalue weighted by molar-refractivity contribution is 5.97. The highest BCUT2D eigenvalue weighted by Crippen LogP contribution is 2.24. The molecule has 0 aromatic heterocycles. The van der Waals surface area contributed by atoms with E-state index in [-0.39, 0.29) is 5.91 Å². The fourth-order valence-electron chi connectivity index (χ4n) is 4.46. The maximum absolute atomic E-state index is 12.9. The molecule has 0 saturated carbocycles. The molecule has 0 unspecified atom stereocenters. The Morgan fingerprint density at radius 3 is 2.35 bits per heavy atom. The van der Waals surface area contributed by atoms with Crippen molar-refractivity contribution < 1.29 is 14.3 Å². The molecule has 1 N–H and O–H groups in total. The van der Waals surface area contributed by atoms with Gasteiger partial charge in [0, 0.05) is 31.9 Å². The summed E-state index contributed by atoms with van der Waals surface area (Å²) < 4.78 is 11.9. The van der Waals surface area contributed by atoms with E-state index >= 15 is 0 Å². The van der Waals surface area contributed by atoms with E-state index in [4.69, 9.17) is 9.47 Å². The summed E-state index contributed by atoms with van der Waals surface area (Å²) in [5.74, 6) is 2.30. The minimum atomic E-state index is -0.789. The molecule has 1 fully saturated rings. The first kappa shape index (κ1) is 25.7. The van der Waals surface area contributed by atoms with Crippen LogP contribution in [-0.2, 0) is 9.53 Å². The molecule has 1 aliphatic rings. The van der Waals surface area contributed by atoms with Crippen LogP contribution in [0.1, 0.15) is 73.1 Å². The number of nitrogens with zero attached hydrogens (tertiary/aromatic N) is 1. The van der Waals surface area contributed by atoms with E-state index in [1.807, 2.05) is 31.2 Å². The largest absolute Gasteiger partial charge is 0.492 e. The number of carbonyl (C=O) groups excluding carboxylic acids is 1. The topological polar surface area (TPSA) is 50.8 Å². The molecule has 0 bridgehead atoms. The number of unbranched alkanes of at least 4 members (excludes halogenated alkanes) is 2. The summed E-state index contributed by atoms with van der Waals surface area (Å²) in [6, 6.07) is 7.67. The summed E-state index contributed by atoms with van der Waals surface area (Å²) >= 11 is 0. The Hall–Kier alpha value is -1.59. The van der Waals surface area contributed by atoms with Crippen molar-refractivity contribution in [2.75, 3.05) is 38.2 Å². The third kappa shape index (κ3) is 8.82. The van der Waals surface area contributed by atoms with Crippen LogP contribution in [0.4, 0.5) is 5.69 Å². The van der Waals surface area contributed by atoms with Crippen LogP contribution in [0.5, 0.6) is 5.75 Å². The number of anilines is 1. The Labute approximate surface area is 189 Å². The van der Waals surface area contributed by atoms with Crippen LogP contribution in [-0.4, -0.2) is 49.3 Å². The number of carbonyl (C=O) groups is 1. The molecule has 1 heterocycles. The maximum Gasteiger partial charge on any atom is 0.256 e. The zero-order valence-electron chi connectivity index (χ0n) is 20.4. The molecule has 0 aliphatic carbocycles. The summed E-state index contributed by atoms with van der Waals surface area (Å²) in [5, 5.41) is 3.04. The fourth-order valence-corrected chi connectivity index (χ4v) is 4.46. The van der Waals surface area contributed by atoms with Gasteiger partial charge in [0.15, 0.2) is 0 Å². The normalized spacial score (nSPS) is 21.5. The van der Waals surface area contributed by atoms with E-state index in [0.717, 1.165) is 75.0 Å². The molecule has 1 amide bonds. The number of rotatable bonds is 13. The Bertz CT molecular complexity index is 639. The highest BCUT2D eigenvalue weighted by Gasteiger charge is 2.33. The van der Waals surface area contributed by atoms with Gasteiger partial charge in [-0.05, 0) is 62.3 Å². The Kier molecular flexibility index (Phi) is 10.8. The van der Waals surface area contributed by atoms with Crippen LogP contribution in [0, 0.1) is 11.8 Å². The van der Waals surface area contributed by atoms with Crippen molar-refractivity contribution in [1.29, 1.82) is 0 Å². The van der Waals surface area contributed by atoms with Crippen LogP contribution in [0.3, 0.4) is 0 Å². The predicted octanol–water partition coefficient (Wildman–Crippen LogP) is 5.75. The molecule has 176 valence electrons. The number of hydrogen-bond acceptors (Lipinski definition) is 4. The molecule has 2 rings (SSSR count). The third-order valence-corrected chi connectivity index (χ3v) is 6.10. The lowest BCUT2D eigenvalue weighted by atomic mass is 9.92. The molecule has 1 aromatic carbocycles. The lowest BCUT2D eigenvalue weighted by molar-refractivity contribution is -0.140. The Morgan fingerprint density at radius 2 is 1.74 bits per heavy atom. The predicted molar refractivity (Wildman–Crippen MR) is 129 cm³/mol. The van der Waals surface area contributed by atoms with Gasteiger partial charge >= 0.3 is 0 Å². The molecule has 0 radical (unpaired) electrons. The first-order chi connectivity index (χ1) is 14.9. The van der Waals surface area contributed by atoms with E-state index in [0.29, 0.717) is 13.2 Å². The zero-order chi connectivity index (χ0) is 22.7. The molecule has 0 spiro atoms. The summed E-state index contributed by atoms with van der Waals surface area (Å²) in [5.41, 5.74) is -0.0128. The van der Waals surface area contributed by atoms with Crippen LogP contribution in [0.15, 0.2) is 24.3 Å². The second kappa shape index (κ2) is 13.1. The van der Waals surface area contributed by atoms with Gasteiger partial charge in [-0.1, -0.05) is 47.0 Å². The molecule has 3 atom stereocenters. The van der Waals surface area contributed by atoms with E-state index < -0.39 is 5.60 Å². The van der Waals surface area contributed by atoms with Crippen molar-refractivity contribution in [2.45, 2.75) is 78.7 Å². The summed E-state index contributed by atoms with van der Waals surface area (Å²) in [7, 11) is 0. The SMILES string of the molecule is CCCCC[C@@](C)(OCCC)C(=O)Nc1ccc(OCCN2C[C@H](C)C[C@H](C)C2)cc1. The van der Waals surface area contributed by atoms with E-state index in [2.05, 4.69) is 37.9 Å². The van der Waals surface area contributed by atoms with Crippen molar-refractivity contribution in [3.05, 3.63) is 24.3 Å². The Morgan fingerprint density at radius 1 is 1.06 bits per heavy atom. The van der Waals surface area contributed by atoms with Gasteiger partial charge in [-0.25, -0.2) is 0 Å². The molecule has 5 heteroatoms. The first-order valence-corrected chi connectivity index (χ1v) is 12.3. The van der Waals surface area contributed by atoms with Crippen molar-refractivity contribution in [2.24, 2.45) is 11.8 Å². The molecular weight excluding hydrogens is 388 g/mol. The molecule has 1 aromatic rings. The smallest absolute Gasteiger partial charge is 0.256 e. The standard InChI is InChI=1S/C26H44N2O3/c1-6-8-9-14-26(5,31-16-7-2)25(29)27-23-10-12-24(13-11-23)30-17-15-28-19-21(3)18-22(4)20-28/h10-13,21-22H,6-9,14-20H2,1-5H3,(H,27,29)/t21-,22+,26-/m1/s1. The zero-order valence-corrected chi connectivity index (χ0v) is 20.4. The number of hydrogen-bond donors (Lipinski definition) is 1. The number of amides is 1. The average Bonchev–Trinajstić information content (AvgIpc) is 2.73. The number of piperidine rings is 1. The third-order valence-electron chi connectivity index (χ3n) is 6.10. The minimum Gasteiger partial charge on any atom is -0.492 e. The van der Waals surface area contributed by atoms with Gasteiger partial charge < -0.3 is 14.8 Å². The van der Waals surface area contributed by atoms with Gasteiger partial charge in [0.05, 0.1) is 0 Å². The second-order valence-electron chi connectivity index (χ2n) is 9.57. The second-order valence-corrected chi connectivity index (χ2v) is 9.57. The lowest BCUT2D eigenvalue weighted by Crippen LogP contribution is -2.43. The van der Waals surface area contributed by atoms with Gasteiger partial charge in [0.2, 0.25) is 0 Å². The summed E-state index contributed by atoms with van der Waals surface area (Å²) in [4.78, 5) is 15.4. The van der Waals surface area contributed by atoms with Gasteiger partial charge in [0.25, 0.3) is 5.91 Å². The Balaban J connectivity index is 1.83. The van der Waals surface area contributed by atoms with Gasteiger partial charge in [-0.3, -0.25) is 9.69 Å². The van der Waals surface area contributed by atoms with Gasteiger partial charge in [-0.15, -0.1) is 0 Å². The first-order valence-electron chi connectivity index (χ1n) is 12.3. The fraction of sp³-hybridized carbons (Fsp3) is 0.731. The quantitative estimate of drug-likeness (QED) is 0.403. The lowest BCUT2D eigenvalue weighted by Gasteiger charge is -2.34. The van der Waals surface area contributed by atoms with E-state index in [9.17, 15) is 4.79 Å². The monoisotopic (exact) mass is 432 g/mol. The van der Waals surface area contributed by atoms with Crippen molar-refractivity contribution in [3.8, 4) is 5.75 Å². The summed E-state index contributed by atoms with van der Waals surface area (Å²) in [6.07, 6.45) is 6.19. The molecule has 31 heavy (non-hydrogen) atoms. The van der Waals surface area contributed by atoms with Crippen LogP contribution >= 0.6 is 0 Å². The van der Waals surface area contributed by atoms with Crippen LogP contribution < -0.4 is 10.1 Å². The average molecular weight is 433 g/mol. The number of ether oxygens (including phenoxy) is 2. The number of benzene rings is 1. The van der Waals surface area contributed by atoms with Crippen LogP contribution in [0.25, 0.3) is 0 Å². The van der Waals surface area contributed by atoms with Crippen molar-refractivity contribution in [3.63, 3.8) is 0 Å². The van der Waals surface area contributed by atoms with Gasteiger partial charge in [0.1, 0.15) is 18.0 Å². The van der Waals surface area contributed by atoms with Crippen molar-refractivity contribution in [1.82, 2.24) is 4.90 Å². The highest BCUT2D eigenvalue weighted by atomic mass is 16.5. The molecule has 1 saturated heterocycles. The van der Waals surface area contributed by atoms with Crippen LogP contribution in [0.2, 0.25) is 0 Å². The van der Waals surface area contributed by atoms with E-state index in [1.54, 1.807) is 0 Å². The maximum atomic E-state index is 12.9. The van der Waals surface area contributed by atoms with E-state index in [1.165, 1.54) is 6.42 Å².